The van der Waals surface area contributed by atoms with Gasteiger partial charge in [0, 0.05) is 11.1 Å². The normalized spacial score (nSPS) is 11.1. The summed E-state index contributed by atoms with van der Waals surface area (Å²) < 4.78 is 8.70. The summed E-state index contributed by atoms with van der Waals surface area (Å²) in [5, 5.41) is 16.6. The first-order chi connectivity index (χ1) is 8.65. The van der Waals surface area contributed by atoms with Gasteiger partial charge in [0.1, 0.15) is 0 Å². The Kier molecular flexibility index (Phi) is 6.35. The van der Waals surface area contributed by atoms with Crippen LogP contribution in [0.4, 0.5) is 0 Å². The largest absolute Gasteiger partial charge is 0.409 e. The molecule has 104 valence electrons. The second-order valence-electron chi connectivity index (χ2n) is 3.80. The van der Waals surface area contributed by atoms with Gasteiger partial charge in [-0.3, -0.25) is 5.41 Å². The lowest BCUT2D eigenvalue weighted by Gasteiger charge is -2.10. The van der Waals surface area contributed by atoms with Gasteiger partial charge in [-0.2, -0.15) is 0 Å². The Morgan fingerprint density at radius 1 is 1.11 bits per heavy atom. The van der Waals surface area contributed by atoms with E-state index in [1.165, 1.54) is 13.8 Å². The number of aliphatic hydroxyl groups excluding tert-OH is 1. The van der Waals surface area contributed by atoms with Gasteiger partial charge in [-0.1, -0.05) is 13.2 Å². The summed E-state index contributed by atoms with van der Waals surface area (Å²) in [4.78, 5) is 33.3. The fraction of sp³-hybridized carbons (Fsp3) is 0.333. The second kappa shape index (κ2) is 7.22. The molecule has 0 aromatic carbocycles. The van der Waals surface area contributed by atoms with Crippen LogP contribution in [-0.2, 0) is 23.9 Å². The number of ether oxygens (including phenoxy) is 2. The van der Waals surface area contributed by atoms with E-state index in [9.17, 15) is 19.5 Å². The molecule has 0 spiro atoms. The van der Waals surface area contributed by atoms with Crippen molar-refractivity contribution in [3.8, 4) is 0 Å². The Bertz CT molecular complexity index is 451. The van der Waals surface area contributed by atoms with E-state index < -0.39 is 36.3 Å². The number of nitrogens with one attached hydrogen (secondary N) is 1. The third-order valence-electron chi connectivity index (χ3n) is 1.76. The average molecular weight is 269 g/mol. The van der Waals surface area contributed by atoms with Gasteiger partial charge in [0.05, 0.1) is 6.42 Å². The van der Waals surface area contributed by atoms with Crippen molar-refractivity contribution in [2.75, 3.05) is 0 Å². The molecule has 0 fully saturated rings. The van der Waals surface area contributed by atoms with Crippen molar-refractivity contribution in [2.24, 2.45) is 0 Å². The first-order valence-electron chi connectivity index (χ1n) is 5.19. The van der Waals surface area contributed by atoms with Crippen LogP contribution in [0.3, 0.4) is 0 Å². The van der Waals surface area contributed by atoms with E-state index in [1.54, 1.807) is 0 Å². The van der Waals surface area contributed by atoms with Gasteiger partial charge in [-0.15, -0.1) is 0 Å². The molecule has 1 atom stereocenters. The topological polar surface area (TPSA) is 114 Å². The minimum Gasteiger partial charge on any atom is -0.409 e. The van der Waals surface area contributed by atoms with E-state index in [-0.39, 0.29) is 11.1 Å². The Morgan fingerprint density at radius 2 is 1.53 bits per heavy atom. The van der Waals surface area contributed by atoms with E-state index in [0.29, 0.717) is 0 Å². The monoisotopic (exact) mass is 269 g/mol. The SMILES string of the molecule is C=C(C)C(=O)OC(=N)CC(O)C(=O)OC(=O)C(=C)C. The molecule has 0 saturated carbocycles. The summed E-state index contributed by atoms with van der Waals surface area (Å²) in [5.41, 5.74) is 0.0589. The van der Waals surface area contributed by atoms with Gasteiger partial charge in [0.2, 0.25) is 0 Å². The van der Waals surface area contributed by atoms with E-state index in [1.807, 2.05) is 0 Å². The van der Waals surface area contributed by atoms with E-state index >= 15 is 0 Å². The molecule has 0 saturated heterocycles. The maximum Gasteiger partial charge on any atom is 0.343 e. The molecular formula is C12H15NO6. The van der Waals surface area contributed by atoms with Crippen molar-refractivity contribution in [1.29, 1.82) is 5.41 Å². The van der Waals surface area contributed by atoms with Crippen molar-refractivity contribution in [3.05, 3.63) is 24.3 Å². The van der Waals surface area contributed by atoms with Crippen molar-refractivity contribution in [1.82, 2.24) is 0 Å². The molecule has 0 aromatic heterocycles. The van der Waals surface area contributed by atoms with Gasteiger partial charge >= 0.3 is 17.9 Å². The Labute approximate surface area is 110 Å². The lowest BCUT2D eigenvalue weighted by molar-refractivity contribution is -0.163. The molecular weight excluding hydrogens is 254 g/mol. The average Bonchev–Trinajstić information content (AvgIpc) is 2.27. The first kappa shape index (κ1) is 16.7. The predicted octanol–water partition coefficient (Wildman–Crippen LogP) is 0.480. The zero-order valence-electron chi connectivity index (χ0n) is 10.7. The number of hydrogen-bond donors (Lipinski definition) is 2. The Hall–Kier alpha value is -2.28. The minimum absolute atomic E-state index is 0.00987. The highest BCUT2D eigenvalue weighted by atomic mass is 16.6. The zero-order valence-corrected chi connectivity index (χ0v) is 10.7. The van der Waals surface area contributed by atoms with Crippen LogP contribution in [0.2, 0.25) is 0 Å². The molecule has 0 bridgehead atoms. The Balaban J connectivity index is 4.33. The zero-order chi connectivity index (χ0) is 15.2. The molecule has 1 unspecified atom stereocenters. The van der Waals surface area contributed by atoms with Gasteiger partial charge in [-0.25, -0.2) is 14.4 Å². The van der Waals surface area contributed by atoms with Crippen molar-refractivity contribution in [3.63, 3.8) is 0 Å². The van der Waals surface area contributed by atoms with Gasteiger partial charge in [0.25, 0.3) is 0 Å². The molecule has 7 heteroatoms. The first-order valence-corrected chi connectivity index (χ1v) is 5.19. The van der Waals surface area contributed by atoms with Crippen LogP contribution in [0.1, 0.15) is 20.3 Å². The smallest absolute Gasteiger partial charge is 0.343 e. The summed E-state index contributed by atoms with van der Waals surface area (Å²) in [5.74, 6) is -3.71. The van der Waals surface area contributed by atoms with E-state index in [2.05, 4.69) is 22.6 Å². The number of carbonyl (C=O) groups excluding carboxylic acids is 3. The molecule has 0 aliphatic heterocycles. The summed E-state index contributed by atoms with van der Waals surface area (Å²) in [6, 6.07) is 0. The summed E-state index contributed by atoms with van der Waals surface area (Å²) in [6.07, 6.45) is -2.38. The molecule has 19 heavy (non-hydrogen) atoms. The third-order valence-corrected chi connectivity index (χ3v) is 1.76. The van der Waals surface area contributed by atoms with Crippen molar-refractivity contribution >= 4 is 23.8 Å². The number of carbonyl (C=O) groups is 3. The molecule has 7 nitrogen and oxygen atoms in total. The number of hydrogen-bond acceptors (Lipinski definition) is 7. The van der Waals surface area contributed by atoms with Crippen LogP contribution in [0.25, 0.3) is 0 Å². The lowest BCUT2D eigenvalue weighted by atomic mass is 10.2. The molecule has 0 rings (SSSR count). The van der Waals surface area contributed by atoms with E-state index in [4.69, 9.17) is 5.41 Å². The van der Waals surface area contributed by atoms with E-state index in [0.717, 1.165) is 0 Å². The highest BCUT2D eigenvalue weighted by Gasteiger charge is 2.23. The number of aliphatic hydroxyl groups is 1. The number of esters is 3. The van der Waals surface area contributed by atoms with Crippen molar-refractivity contribution in [2.45, 2.75) is 26.4 Å². The summed E-state index contributed by atoms with van der Waals surface area (Å²) in [6.45, 7) is 9.27. The summed E-state index contributed by atoms with van der Waals surface area (Å²) >= 11 is 0. The van der Waals surface area contributed by atoms with Gasteiger partial charge in [-0.05, 0) is 13.8 Å². The van der Waals surface area contributed by atoms with Crippen LogP contribution < -0.4 is 0 Å². The molecule has 0 aliphatic carbocycles. The molecule has 0 amide bonds. The van der Waals surface area contributed by atoms with Crippen LogP contribution in [0, 0.1) is 5.41 Å². The standard InChI is InChI=1S/C12H15NO6/c1-6(2)10(15)18-9(13)5-8(14)12(17)19-11(16)7(3)4/h8,13-14H,1,3,5H2,2,4H3. The number of rotatable bonds is 5. The van der Waals surface area contributed by atoms with Crippen LogP contribution in [-0.4, -0.2) is 35.0 Å². The lowest BCUT2D eigenvalue weighted by Crippen LogP contribution is -2.29. The highest BCUT2D eigenvalue weighted by Crippen LogP contribution is 2.03. The molecule has 0 radical (unpaired) electrons. The fourth-order valence-corrected chi connectivity index (χ4v) is 0.746. The molecule has 0 heterocycles. The van der Waals surface area contributed by atoms with Crippen LogP contribution in [0.15, 0.2) is 24.3 Å². The second-order valence-corrected chi connectivity index (χ2v) is 3.80. The fourth-order valence-electron chi connectivity index (χ4n) is 0.746. The Morgan fingerprint density at radius 3 is 1.95 bits per heavy atom. The molecule has 0 aromatic rings. The van der Waals surface area contributed by atoms with Crippen LogP contribution in [0.5, 0.6) is 0 Å². The maximum atomic E-state index is 11.2. The van der Waals surface area contributed by atoms with Crippen LogP contribution >= 0.6 is 0 Å². The highest BCUT2D eigenvalue weighted by molar-refractivity contribution is 5.99. The van der Waals surface area contributed by atoms with Crippen molar-refractivity contribution < 1.29 is 29.0 Å². The van der Waals surface area contributed by atoms with Gasteiger partial charge in [0.15, 0.2) is 12.0 Å². The predicted molar refractivity (Wildman–Crippen MR) is 65.2 cm³/mol. The minimum atomic E-state index is -1.78. The van der Waals surface area contributed by atoms with Gasteiger partial charge < -0.3 is 14.6 Å². The quantitative estimate of drug-likeness (QED) is 0.247. The molecule has 0 aliphatic rings. The molecule has 2 N–H and O–H groups in total. The maximum absolute atomic E-state index is 11.2. The third kappa shape index (κ3) is 6.27. The summed E-state index contributed by atoms with van der Waals surface area (Å²) in [7, 11) is 0.